The van der Waals surface area contributed by atoms with E-state index in [-0.39, 0.29) is 18.1 Å². The van der Waals surface area contributed by atoms with Crippen molar-refractivity contribution >= 4 is 39.2 Å². The summed E-state index contributed by atoms with van der Waals surface area (Å²) in [4.78, 5) is 39.5. The zero-order valence-electron chi connectivity index (χ0n) is 19.1. The molecule has 0 aliphatic rings. The molecule has 3 heterocycles. The normalized spacial score (nSPS) is 11.9. The fourth-order valence-corrected chi connectivity index (χ4v) is 4.46. The van der Waals surface area contributed by atoms with Crippen LogP contribution in [0, 0.1) is 13.8 Å². The summed E-state index contributed by atoms with van der Waals surface area (Å²) in [5.41, 5.74) is 0.990. The van der Waals surface area contributed by atoms with Crippen LogP contribution < -0.4 is 15.5 Å². The topological polar surface area (TPSA) is 108 Å². The molecule has 0 spiro atoms. The zero-order chi connectivity index (χ0) is 24.4. The van der Waals surface area contributed by atoms with Crippen LogP contribution in [0.4, 0.5) is 5.00 Å². The highest BCUT2D eigenvalue weighted by molar-refractivity contribution is 7.16. The van der Waals surface area contributed by atoms with Crippen molar-refractivity contribution in [3.63, 3.8) is 0 Å². The van der Waals surface area contributed by atoms with Gasteiger partial charge in [0.05, 0.1) is 23.8 Å². The predicted molar refractivity (Wildman–Crippen MR) is 129 cm³/mol. The van der Waals surface area contributed by atoms with E-state index in [0.717, 1.165) is 10.4 Å². The monoisotopic (exact) mass is 481 g/mol. The fraction of sp³-hybridized carbons (Fsp3) is 0.240. The van der Waals surface area contributed by atoms with E-state index in [1.54, 1.807) is 50.2 Å². The molecule has 1 amide bonds. The van der Waals surface area contributed by atoms with Crippen LogP contribution in [0.25, 0.3) is 22.5 Å². The van der Waals surface area contributed by atoms with Gasteiger partial charge < -0.3 is 23.6 Å². The molecule has 0 aliphatic carbocycles. The lowest BCUT2D eigenvalue weighted by Gasteiger charge is -2.16. The average molecular weight is 482 g/mol. The number of benzene rings is 1. The van der Waals surface area contributed by atoms with Gasteiger partial charge in [-0.15, -0.1) is 11.3 Å². The summed E-state index contributed by atoms with van der Waals surface area (Å²) in [5, 5.41) is 3.42. The van der Waals surface area contributed by atoms with Crippen LogP contribution in [0.1, 0.15) is 34.6 Å². The first-order valence-electron chi connectivity index (χ1n) is 10.7. The molecule has 34 heavy (non-hydrogen) atoms. The van der Waals surface area contributed by atoms with E-state index in [1.165, 1.54) is 24.5 Å². The Kier molecular flexibility index (Phi) is 6.56. The lowest BCUT2D eigenvalue weighted by Crippen LogP contribution is -2.32. The number of fused-ring (bicyclic) bond motifs is 1. The number of para-hydroxylation sites is 1. The third-order valence-corrected chi connectivity index (χ3v) is 6.39. The number of rotatable bonds is 7. The molecule has 1 atom stereocenters. The van der Waals surface area contributed by atoms with Gasteiger partial charge in [-0.05, 0) is 57.5 Å². The van der Waals surface area contributed by atoms with Crippen LogP contribution in [0.5, 0.6) is 5.75 Å². The number of ether oxygens (including phenoxy) is 2. The van der Waals surface area contributed by atoms with Gasteiger partial charge in [-0.2, -0.15) is 0 Å². The smallest absolute Gasteiger partial charge is 0.341 e. The number of carbonyl (C=O) groups excluding carboxylic acids is 2. The average Bonchev–Trinajstić information content (AvgIpc) is 3.44. The minimum absolute atomic E-state index is 0.0865. The number of esters is 1. The summed E-state index contributed by atoms with van der Waals surface area (Å²) in [7, 11) is 0. The summed E-state index contributed by atoms with van der Waals surface area (Å²) in [6.07, 6.45) is 0.360. The first-order chi connectivity index (χ1) is 16.3. The van der Waals surface area contributed by atoms with Crippen LogP contribution in [0.3, 0.4) is 0 Å². The van der Waals surface area contributed by atoms with Gasteiger partial charge in [-0.25, -0.2) is 4.79 Å². The van der Waals surface area contributed by atoms with E-state index in [1.807, 2.05) is 6.92 Å². The number of hydrogen-bond acceptors (Lipinski definition) is 8. The number of anilines is 1. The highest BCUT2D eigenvalue weighted by Gasteiger charge is 2.27. The maximum Gasteiger partial charge on any atom is 0.341 e. The van der Waals surface area contributed by atoms with Gasteiger partial charge in [0.1, 0.15) is 10.6 Å². The van der Waals surface area contributed by atoms with Crippen molar-refractivity contribution in [3.05, 3.63) is 68.9 Å². The molecule has 0 bridgehead atoms. The minimum Gasteiger partial charge on any atom is -0.473 e. The molecular weight excluding hydrogens is 458 g/mol. The number of thiophene rings is 1. The molecule has 9 heteroatoms. The molecule has 0 aliphatic heterocycles. The lowest BCUT2D eigenvalue weighted by molar-refractivity contribution is -0.122. The number of nitrogens with one attached hydrogen (secondary N) is 1. The van der Waals surface area contributed by atoms with Gasteiger partial charge in [0.2, 0.25) is 16.9 Å². The third-order valence-electron chi connectivity index (χ3n) is 5.27. The fourth-order valence-electron chi connectivity index (χ4n) is 3.41. The van der Waals surface area contributed by atoms with Crippen molar-refractivity contribution in [3.8, 4) is 17.3 Å². The second-order valence-corrected chi connectivity index (χ2v) is 8.74. The van der Waals surface area contributed by atoms with Crippen LogP contribution in [0.2, 0.25) is 0 Å². The quantitative estimate of drug-likeness (QED) is 0.356. The number of furan rings is 1. The SMILES string of the molecule is CCOC(=O)c1c(NC(=O)C(C)Oc2c(-c3ccco3)oc3ccccc3c2=O)sc(C)c1C. The second-order valence-electron chi connectivity index (χ2n) is 7.52. The van der Waals surface area contributed by atoms with Crippen molar-refractivity contribution in [1.29, 1.82) is 0 Å². The molecule has 3 aromatic heterocycles. The number of hydrogen-bond donors (Lipinski definition) is 1. The maximum absolute atomic E-state index is 13.2. The Morgan fingerprint density at radius 3 is 2.62 bits per heavy atom. The predicted octanol–water partition coefficient (Wildman–Crippen LogP) is 5.31. The molecule has 0 saturated carbocycles. The summed E-state index contributed by atoms with van der Waals surface area (Å²) < 4.78 is 22.3. The number of aryl methyl sites for hydroxylation is 1. The van der Waals surface area contributed by atoms with Crippen molar-refractivity contribution in [2.24, 2.45) is 0 Å². The Labute approximate surface area is 199 Å². The molecule has 4 aromatic rings. The van der Waals surface area contributed by atoms with Crippen LogP contribution in [-0.4, -0.2) is 24.6 Å². The Hall–Kier alpha value is -3.85. The molecule has 1 unspecified atom stereocenters. The van der Waals surface area contributed by atoms with E-state index >= 15 is 0 Å². The van der Waals surface area contributed by atoms with Crippen molar-refractivity contribution in [2.75, 3.05) is 11.9 Å². The molecule has 1 N–H and O–H groups in total. The molecule has 0 radical (unpaired) electrons. The Bertz CT molecular complexity index is 1420. The molecule has 1 aromatic carbocycles. The van der Waals surface area contributed by atoms with Gasteiger partial charge in [0, 0.05) is 4.88 Å². The van der Waals surface area contributed by atoms with Crippen LogP contribution >= 0.6 is 11.3 Å². The van der Waals surface area contributed by atoms with Crippen LogP contribution in [-0.2, 0) is 9.53 Å². The minimum atomic E-state index is -1.09. The summed E-state index contributed by atoms with van der Waals surface area (Å²) in [5.74, 6) is -0.809. The molecule has 176 valence electrons. The van der Waals surface area contributed by atoms with E-state index in [0.29, 0.717) is 27.3 Å². The number of amides is 1. The molecule has 8 nitrogen and oxygen atoms in total. The Balaban J connectivity index is 1.66. The maximum atomic E-state index is 13.2. The highest BCUT2D eigenvalue weighted by Crippen LogP contribution is 2.34. The van der Waals surface area contributed by atoms with Crippen LogP contribution in [0.15, 0.2) is 56.3 Å². The van der Waals surface area contributed by atoms with Gasteiger partial charge in [0.15, 0.2) is 11.9 Å². The van der Waals surface area contributed by atoms with Crippen molar-refractivity contribution < 1.29 is 27.9 Å². The molecule has 0 fully saturated rings. The summed E-state index contributed by atoms with van der Waals surface area (Å²) in [6.45, 7) is 7.09. The van der Waals surface area contributed by atoms with Gasteiger partial charge in [0.25, 0.3) is 5.91 Å². The third kappa shape index (κ3) is 4.34. The zero-order valence-corrected chi connectivity index (χ0v) is 19.9. The largest absolute Gasteiger partial charge is 0.473 e. The van der Waals surface area contributed by atoms with Gasteiger partial charge >= 0.3 is 5.97 Å². The second kappa shape index (κ2) is 9.56. The Morgan fingerprint density at radius 1 is 1.15 bits per heavy atom. The molecular formula is C25H23NO7S. The lowest BCUT2D eigenvalue weighted by atomic mass is 10.1. The molecule has 0 saturated heterocycles. The highest BCUT2D eigenvalue weighted by atomic mass is 32.1. The van der Waals surface area contributed by atoms with Crippen molar-refractivity contribution in [1.82, 2.24) is 0 Å². The van der Waals surface area contributed by atoms with E-state index in [2.05, 4.69) is 5.32 Å². The van der Waals surface area contributed by atoms with Gasteiger partial charge in [-0.3, -0.25) is 9.59 Å². The first kappa shape index (κ1) is 23.3. The summed E-state index contributed by atoms with van der Waals surface area (Å²) >= 11 is 1.27. The van der Waals surface area contributed by atoms with Gasteiger partial charge in [-0.1, -0.05) is 12.1 Å². The van der Waals surface area contributed by atoms with E-state index in [4.69, 9.17) is 18.3 Å². The van der Waals surface area contributed by atoms with Crippen molar-refractivity contribution in [2.45, 2.75) is 33.8 Å². The standard InChI is InChI=1S/C25H23NO7S/c1-5-30-25(29)19-13(2)15(4)34-24(19)26-23(28)14(3)32-22-20(27)16-9-6-7-10-17(16)33-21(22)18-11-8-12-31-18/h6-12,14H,5H2,1-4H3,(H,26,28). The van der Waals surface area contributed by atoms with E-state index < -0.39 is 23.4 Å². The van der Waals surface area contributed by atoms with E-state index in [9.17, 15) is 14.4 Å². The molecule has 4 rings (SSSR count). The first-order valence-corrected chi connectivity index (χ1v) is 11.5. The summed E-state index contributed by atoms with van der Waals surface area (Å²) in [6, 6.07) is 10.0. The number of carbonyl (C=O) groups is 2. The Morgan fingerprint density at radius 2 is 1.91 bits per heavy atom.